The van der Waals surface area contributed by atoms with Crippen molar-refractivity contribution in [2.24, 2.45) is 0 Å². The molecule has 0 atom stereocenters. The van der Waals surface area contributed by atoms with E-state index in [2.05, 4.69) is 6.92 Å². The summed E-state index contributed by atoms with van der Waals surface area (Å²) in [5.41, 5.74) is 0. The molecule has 0 spiro atoms. The van der Waals surface area contributed by atoms with Crippen molar-refractivity contribution in [2.45, 2.75) is 90.4 Å². The van der Waals surface area contributed by atoms with Gasteiger partial charge < -0.3 is 11.3 Å². The topological polar surface area (TPSA) is 59.6 Å². The third-order valence-electron chi connectivity index (χ3n) is 3.25. The monoisotopic (exact) mass is 245 g/mol. The van der Waals surface area contributed by atoms with E-state index in [1.807, 2.05) is 0 Å². The van der Waals surface area contributed by atoms with E-state index in [1.165, 1.54) is 70.6 Å². The smallest absolute Gasteiger partial charge is 0.0533 e. The van der Waals surface area contributed by atoms with Crippen molar-refractivity contribution < 1.29 is 5.11 Å². The lowest BCUT2D eigenvalue weighted by atomic mass is 10.0. The third-order valence-corrected chi connectivity index (χ3v) is 3.25. The number of unbranched alkanes of at least 4 members (excludes halogenated alkanes) is 12. The molecule has 106 valence electrons. The summed E-state index contributed by atoms with van der Waals surface area (Å²) in [6.45, 7) is 2.39. The van der Waals surface area contributed by atoms with Crippen LogP contribution in [0.1, 0.15) is 90.4 Å². The van der Waals surface area contributed by atoms with Crippen LogP contribution in [0.15, 0.2) is 0 Å². The Hall–Kier alpha value is -0.0800. The van der Waals surface area contributed by atoms with Crippen LogP contribution in [0.4, 0.5) is 0 Å². The zero-order chi connectivity index (χ0) is 11.9. The molecule has 0 aromatic carbocycles. The molecule has 0 fully saturated rings. The maximum absolute atomic E-state index is 10.2. The normalized spacial score (nSPS) is 10.2. The molecule has 4 N–H and O–H groups in total. The van der Waals surface area contributed by atoms with Crippen LogP contribution in [-0.4, -0.2) is 6.61 Å². The molecule has 17 heavy (non-hydrogen) atoms. The van der Waals surface area contributed by atoms with Gasteiger partial charge in [0.25, 0.3) is 0 Å². The quantitative estimate of drug-likeness (QED) is 0.465. The average Bonchev–Trinajstić information content (AvgIpc) is 2.31. The first kappa shape index (κ1) is 19.3. The Bertz CT molecular complexity index is 103. The van der Waals surface area contributed by atoms with Gasteiger partial charge in [-0.1, -0.05) is 90.4 Å². The van der Waals surface area contributed by atoms with Gasteiger partial charge in [0, 0.05) is 0 Å². The van der Waals surface area contributed by atoms with E-state index in [0.29, 0.717) is 0 Å². The zero-order valence-corrected chi connectivity index (χ0v) is 12.3. The highest BCUT2D eigenvalue weighted by atomic mass is 16.2. The Morgan fingerprint density at radius 2 is 0.824 bits per heavy atom. The molecule has 0 radical (unpaired) electrons. The van der Waals surface area contributed by atoms with Gasteiger partial charge in [-0.25, -0.2) is 0 Å². The van der Waals surface area contributed by atoms with E-state index in [0.717, 1.165) is 12.8 Å². The summed E-state index contributed by atoms with van der Waals surface area (Å²) in [5.74, 6) is 0. The number of hydrogen-bond donors (Lipinski definition) is 1. The second-order valence-electron chi connectivity index (χ2n) is 4.95. The lowest BCUT2D eigenvalue weighted by Crippen LogP contribution is -2.04. The van der Waals surface area contributed by atoms with Crippen LogP contribution >= 0.6 is 0 Å². The Morgan fingerprint density at radius 3 is 1.12 bits per heavy atom. The summed E-state index contributed by atoms with van der Waals surface area (Å²) < 4.78 is 0. The lowest BCUT2D eigenvalue weighted by molar-refractivity contribution is -0.368. The number of hydrogen-bond acceptors (Lipinski definition) is 1. The first-order chi connectivity index (χ1) is 7.91. The van der Waals surface area contributed by atoms with E-state index in [9.17, 15) is 5.11 Å². The molecule has 0 saturated carbocycles. The maximum atomic E-state index is 10.2. The molecule has 0 rings (SSSR count). The molecule has 0 aliphatic carbocycles. The van der Waals surface area contributed by atoms with Crippen LogP contribution in [-0.2, 0) is 0 Å². The Morgan fingerprint density at radius 1 is 0.529 bits per heavy atom. The second-order valence-corrected chi connectivity index (χ2v) is 4.95. The minimum absolute atomic E-state index is 0. The predicted octanol–water partition coefficient (Wildman–Crippen LogP) is 4.81. The highest BCUT2D eigenvalue weighted by molar-refractivity contribution is 4.48. The van der Waals surface area contributed by atoms with Crippen LogP contribution in [0, 0.1) is 0 Å². The fourth-order valence-electron chi connectivity index (χ4n) is 2.12. The van der Waals surface area contributed by atoms with Crippen LogP contribution in [0.5, 0.6) is 0 Å². The first-order valence-corrected chi connectivity index (χ1v) is 7.50. The summed E-state index contributed by atoms with van der Waals surface area (Å²) >= 11 is 0. The molecule has 0 unspecified atom stereocenters. The predicted molar refractivity (Wildman–Crippen MR) is 76.5 cm³/mol. The largest absolute Gasteiger partial charge is 0.854 e. The minimum atomic E-state index is 0. The summed E-state index contributed by atoms with van der Waals surface area (Å²) in [7, 11) is 0. The molecule has 2 heteroatoms. The summed E-state index contributed by atoms with van der Waals surface area (Å²) in [6.07, 6.45) is 17.4. The fraction of sp³-hybridized carbons (Fsp3) is 1.00. The van der Waals surface area contributed by atoms with Gasteiger partial charge >= 0.3 is 0 Å². The third kappa shape index (κ3) is 18.5. The zero-order valence-electron chi connectivity index (χ0n) is 12.3. The van der Waals surface area contributed by atoms with E-state index < -0.39 is 0 Å². The van der Waals surface area contributed by atoms with Gasteiger partial charge in [-0.05, 0) is 0 Å². The molecule has 0 aliphatic rings. The van der Waals surface area contributed by atoms with Gasteiger partial charge in [0.2, 0.25) is 0 Å². The van der Waals surface area contributed by atoms with Crippen molar-refractivity contribution in [3.05, 3.63) is 0 Å². The maximum Gasteiger partial charge on any atom is -0.0533 e. The lowest BCUT2D eigenvalue weighted by Gasteiger charge is -2.04. The molecule has 0 amide bonds. The Kier molecular flexibility index (Phi) is 20.7. The second kappa shape index (κ2) is 18.3. The highest BCUT2D eigenvalue weighted by Crippen LogP contribution is 2.12. The number of rotatable bonds is 13. The van der Waals surface area contributed by atoms with E-state index in [4.69, 9.17) is 0 Å². The molecular formula is C15H35NO. The Balaban J connectivity index is 0. The SMILES string of the molecule is CCCCCCCCCCCCCCC[O-].[NH4+]. The summed E-state index contributed by atoms with van der Waals surface area (Å²) in [6, 6.07) is 0. The molecule has 0 aromatic heterocycles. The Labute approximate surface area is 109 Å². The molecule has 0 aromatic rings. The molecule has 2 nitrogen and oxygen atoms in total. The van der Waals surface area contributed by atoms with Crippen molar-refractivity contribution >= 4 is 0 Å². The first-order valence-electron chi connectivity index (χ1n) is 7.50. The van der Waals surface area contributed by atoms with Crippen molar-refractivity contribution in [2.75, 3.05) is 6.61 Å². The van der Waals surface area contributed by atoms with Crippen LogP contribution in [0.25, 0.3) is 0 Å². The highest BCUT2D eigenvalue weighted by Gasteiger charge is 1.92. The van der Waals surface area contributed by atoms with Crippen molar-refractivity contribution in [3.63, 3.8) is 0 Å². The molecule has 0 saturated heterocycles. The van der Waals surface area contributed by atoms with Crippen LogP contribution in [0.3, 0.4) is 0 Å². The van der Waals surface area contributed by atoms with E-state index in [1.54, 1.807) is 0 Å². The van der Waals surface area contributed by atoms with Gasteiger partial charge in [-0.2, -0.15) is 0 Å². The van der Waals surface area contributed by atoms with E-state index in [-0.39, 0.29) is 12.8 Å². The van der Waals surface area contributed by atoms with Gasteiger partial charge in [0.05, 0.1) is 0 Å². The van der Waals surface area contributed by atoms with Crippen molar-refractivity contribution in [3.8, 4) is 0 Å². The van der Waals surface area contributed by atoms with Crippen LogP contribution < -0.4 is 11.3 Å². The molecule has 0 aliphatic heterocycles. The van der Waals surface area contributed by atoms with Gasteiger partial charge in [-0.3, -0.25) is 0 Å². The number of quaternary nitrogens is 1. The molecular weight excluding hydrogens is 210 g/mol. The van der Waals surface area contributed by atoms with Crippen molar-refractivity contribution in [1.82, 2.24) is 6.15 Å². The van der Waals surface area contributed by atoms with Crippen molar-refractivity contribution in [1.29, 1.82) is 0 Å². The minimum Gasteiger partial charge on any atom is -0.854 e. The average molecular weight is 245 g/mol. The standard InChI is InChI=1S/C15H31O.H3N/c1-2-3-4-5-6-7-8-9-10-11-12-13-14-15-16;/h2-15H2,1H3;1H3/q-1;/p+1. The summed E-state index contributed by atoms with van der Waals surface area (Å²) in [4.78, 5) is 0. The van der Waals surface area contributed by atoms with Gasteiger partial charge in [0.15, 0.2) is 0 Å². The summed E-state index contributed by atoms with van der Waals surface area (Å²) in [5, 5.41) is 10.2. The van der Waals surface area contributed by atoms with Gasteiger partial charge in [-0.15, -0.1) is 6.61 Å². The molecule has 0 bridgehead atoms. The van der Waals surface area contributed by atoms with E-state index >= 15 is 0 Å². The van der Waals surface area contributed by atoms with Crippen LogP contribution in [0.2, 0.25) is 0 Å². The fourth-order valence-corrected chi connectivity index (χ4v) is 2.12. The van der Waals surface area contributed by atoms with Gasteiger partial charge in [0.1, 0.15) is 0 Å². The molecule has 0 heterocycles.